The molecule has 0 aliphatic carbocycles. The number of rotatable bonds is 6. The molecule has 104 valence electrons. The van der Waals surface area contributed by atoms with Gasteiger partial charge in [0.2, 0.25) is 0 Å². The lowest BCUT2D eigenvalue weighted by Gasteiger charge is -2.21. The van der Waals surface area contributed by atoms with E-state index in [1.54, 1.807) is 6.07 Å². The highest BCUT2D eigenvalue weighted by Gasteiger charge is 2.20. The highest BCUT2D eigenvalue weighted by atomic mass is 127. The van der Waals surface area contributed by atoms with Gasteiger partial charge in [-0.1, -0.05) is 11.6 Å². The van der Waals surface area contributed by atoms with Gasteiger partial charge in [0.05, 0.1) is 12.2 Å². The largest absolute Gasteiger partial charge is 0.480 e. The Morgan fingerprint density at radius 3 is 2.68 bits per heavy atom. The summed E-state index contributed by atoms with van der Waals surface area (Å²) >= 11 is 2.07. The molecule has 1 rings (SSSR count). The van der Waals surface area contributed by atoms with E-state index in [9.17, 15) is 9.59 Å². The van der Waals surface area contributed by atoms with Crippen molar-refractivity contribution in [1.82, 2.24) is 4.90 Å². The summed E-state index contributed by atoms with van der Waals surface area (Å²) < 4.78 is 5.71. The zero-order valence-electron chi connectivity index (χ0n) is 10.9. The number of ether oxygens (including phenoxy) is 1. The Labute approximate surface area is 125 Å². The first kappa shape index (κ1) is 15.9. The maximum absolute atomic E-state index is 12.4. The van der Waals surface area contributed by atoms with Crippen molar-refractivity contribution in [2.24, 2.45) is 0 Å². The van der Waals surface area contributed by atoms with Crippen molar-refractivity contribution < 1.29 is 19.4 Å². The van der Waals surface area contributed by atoms with Crippen LogP contribution in [0.15, 0.2) is 18.2 Å². The Balaban J connectivity index is 2.97. The number of amides is 1. The molecule has 0 atom stereocenters. The zero-order valence-corrected chi connectivity index (χ0v) is 13.0. The van der Waals surface area contributed by atoms with Crippen LogP contribution < -0.4 is 0 Å². The quantitative estimate of drug-likeness (QED) is 0.768. The molecule has 0 radical (unpaired) electrons. The third-order valence-corrected chi connectivity index (χ3v) is 3.47. The normalized spacial score (nSPS) is 10.3. The number of hydrogen-bond donors (Lipinski definition) is 1. The SMILES string of the molecule is COCCN(CC(=O)O)C(=O)c1cc(C)ccc1I. The molecular formula is C13H16INO4. The maximum atomic E-state index is 12.4. The van der Waals surface area contributed by atoms with Crippen LogP contribution in [0.4, 0.5) is 0 Å². The molecule has 0 spiro atoms. The van der Waals surface area contributed by atoms with Crippen molar-refractivity contribution >= 4 is 34.5 Å². The minimum atomic E-state index is -1.04. The summed E-state index contributed by atoms with van der Waals surface area (Å²) in [5.74, 6) is -1.32. The predicted octanol–water partition coefficient (Wildman–Crippen LogP) is 1.77. The predicted molar refractivity (Wildman–Crippen MR) is 79.3 cm³/mol. The van der Waals surface area contributed by atoms with Crippen LogP contribution in [0.2, 0.25) is 0 Å². The van der Waals surface area contributed by atoms with Crippen molar-refractivity contribution in [1.29, 1.82) is 0 Å². The van der Waals surface area contributed by atoms with E-state index in [-0.39, 0.29) is 19.0 Å². The van der Waals surface area contributed by atoms with E-state index in [4.69, 9.17) is 9.84 Å². The Kier molecular flexibility index (Phi) is 6.23. The fraction of sp³-hybridized carbons (Fsp3) is 0.385. The maximum Gasteiger partial charge on any atom is 0.323 e. The summed E-state index contributed by atoms with van der Waals surface area (Å²) in [5, 5.41) is 8.87. The van der Waals surface area contributed by atoms with Gasteiger partial charge in [0.1, 0.15) is 6.54 Å². The monoisotopic (exact) mass is 377 g/mol. The van der Waals surface area contributed by atoms with Gasteiger partial charge in [-0.25, -0.2) is 0 Å². The average Bonchev–Trinajstić information content (AvgIpc) is 2.36. The molecule has 0 aliphatic rings. The molecule has 0 aliphatic heterocycles. The molecule has 1 aromatic carbocycles. The lowest BCUT2D eigenvalue weighted by molar-refractivity contribution is -0.137. The smallest absolute Gasteiger partial charge is 0.323 e. The van der Waals surface area contributed by atoms with E-state index in [0.29, 0.717) is 12.2 Å². The van der Waals surface area contributed by atoms with Crippen LogP contribution in [-0.2, 0) is 9.53 Å². The minimum absolute atomic E-state index is 0.256. The van der Waals surface area contributed by atoms with E-state index in [2.05, 4.69) is 22.6 Å². The number of methoxy groups -OCH3 is 1. The third-order valence-electron chi connectivity index (χ3n) is 2.53. The Bertz CT molecular complexity index is 476. The van der Waals surface area contributed by atoms with Gasteiger partial charge in [-0.05, 0) is 41.6 Å². The Morgan fingerprint density at radius 1 is 1.42 bits per heavy atom. The standard InChI is InChI=1S/C13H16INO4/c1-9-3-4-11(14)10(7-9)13(18)15(5-6-19-2)8-12(16)17/h3-4,7H,5-6,8H2,1-2H3,(H,16,17). The van der Waals surface area contributed by atoms with Gasteiger partial charge in [-0.3, -0.25) is 9.59 Å². The minimum Gasteiger partial charge on any atom is -0.480 e. The van der Waals surface area contributed by atoms with Gasteiger partial charge in [-0.2, -0.15) is 0 Å². The molecule has 0 aromatic heterocycles. The van der Waals surface area contributed by atoms with E-state index >= 15 is 0 Å². The van der Waals surface area contributed by atoms with Crippen molar-refractivity contribution in [2.45, 2.75) is 6.92 Å². The molecule has 1 aromatic rings. The number of aryl methyl sites for hydroxylation is 1. The zero-order chi connectivity index (χ0) is 14.4. The lowest BCUT2D eigenvalue weighted by Crippen LogP contribution is -2.38. The number of nitrogens with zero attached hydrogens (tertiary/aromatic N) is 1. The molecular weight excluding hydrogens is 361 g/mol. The summed E-state index contributed by atoms with van der Waals surface area (Å²) in [7, 11) is 1.51. The van der Waals surface area contributed by atoms with Crippen LogP contribution >= 0.6 is 22.6 Å². The Hall–Kier alpha value is -1.15. The molecule has 1 N–H and O–H groups in total. The summed E-state index contributed by atoms with van der Waals surface area (Å²) in [6.45, 7) is 2.13. The van der Waals surface area contributed by atoms with E-state index in [1.807, 2.05) is 19.1 Å². The summed E-state index contributed by atoms with van der Waals surface area (Å²) in [5.41, 5.74) is 1.49. The fourth-order valence-corrected chi connectivity index (χ4v) is 2.16. The van der Waals surface area contributed by atoms with Gasteiger partial charge in [-0.15, -0.1) is 0 Å². The number of carbonyl (C=O) groups excluding carboxylic acids is 1. The van der Waals surface area contributed by atoms with Gasteiger partial charge in [0.25, 0.3) is 5.91 Å². The van der Waals surface area contributed by atoms with Crippen LogP contribution in [0, 0.1) is 10.5 Å². The van der Waals surface area contributed by atoms with Gasteiger partial charge >= 0.3 is 5.97 Å². The molecule has 5 nitrogen and oxygen atoms in total. The first-order valence-corrected chi connectivity index (χ1v) is 6.79. The molecule has 0 unspecified atom stereocenters. The van der Waals surface area contributed by atoms with E-state index < -0.39 is 5.97 Å². The van der Waals surface area contributed by atoms with Crippen LogP contribution in [0.5, 0.6) is 0 Å². The average molecular weight is 377 g/mol. The third kappa shape index (κ3) is 4.79. The van der Waals surface area contributed by atoms with Crippen molar-refractivity contribution in [3.63, 3.8) is 0 Å². The van der Waals surface area contributed by atoms with Gasteiger partial charge in [0, 0.05) is 17.2 Å². The molecule has 0 heterocycles. The number of carbonyl (C=O) groups is 2. The molecule has 6 heteroatoms. The highest BCUT2D eigenvalue weighted by Crippen LogP contribution is 2.16. The Morgan fingerprint density at radius 2 is 2.11 bits per heavy atom. The molecule has 0 saturated carbocycles. The number of carboxylic acids is 1. The summed E-state index contributed by atoms with van der Waals surface area (Å²) in [6, 6.07) is 5.53. The van der Waals surface area contributed by atoms with Crippen molar-refractivity contribution in [2.75, 3.05) is 26.8 Å². The number of carboxylic acid groups (broad SMARTS) is 1. The van der Waals surface area contributed by atoms with E-state index in [0.717, 1.165) is 9.13 Å². The number of halogens is 1. The topological polar surface area (TPSA) is 66.8 Å². The number of hydrogen-bond acceptors (Lipinski definition) is 3. The van der Waals surface area contributed by atoms with Crippen LogP contribution in [0.25, 0.3) is 0 Å². The second-order valence-corrected chi connectivity index (χ2v) is 5.26. The van der Waals surface area contributed by atoms with Crippen molar-refractivity contribution in [3.05, 3.63) is 32.9 Å². The van der Waals surface area contributed by atoms with Crippen molar-refractivity contribution in [3.8, 4) is 0 Å². The second-order valence-electron chi connectivity index (χ2n) is 4.10. The lowest BCUT2D eigenvalue weighted by atomic mass is 10.1. The fourth-order valence-electron chi connectivity index (χ4n) is 1.59. The highest BCUT2D eigenvalue weighted by molar-refractivity contribution is 14.1. The number of benzene rings is 1. The molecule has 0 saturated heterocycles. The first-order chi connectivity index (χ1) is 8.95. The van der Waals surface area contributed by atoms with E-state index in [1.165, 1.54) is 12.0 Å². The van der Waals surface area contributed by atoms with Crippen LogP contribution in [-0.4, -0.2) is 48.7 Å². The van der Waals surface area contributed by atoms with Crippen LogP contribution in [0.1, 0.15) is 15.9 Å². The second kappa shape index (κ2) is 7.44. The summed E-state index contributed by atoms with van der Waals surface area (Å²) in [6.07, 6.45) is 0. The molecule has 0 fully saturated rings. The first-order valence-electron chi connectivity index (χ1n) is 5.72. The molecule has 1 amide bonds. The van der Waals surface area contributed by atoms with Gasteiger partial charge < -0.3 is 14.7 Å². The van der Waals surface area contributed by atoms with Gasteiger partial charge in [0.15, 0.2) is 0 Å². The molecule has 0 bridgehead atoms. The summed E-state index contributed by atoms with van der Waals surface area (Å²) in [4.78, 5) is 24.5. The molecule has 19 heavy (non-hydrogen) atoms. The van der Waals surface area contributed by atoms with Crippen LogP contribution in [0.3, 0.4) is 0 Å². The number of aliphatic carboxylic acids is 1.